The van der Waals surface area contributed by atoms with Crippen LogP contribution in [-0.2, 0) is 6.54 Å². The van der Waals surface area contributed by atoms with Crippen molar-refractivity contribution in [1.29, 1.82) is 0 Å². The standard InChI is InChI=1S/C15H27N3S/c1-4-8-16-14(15(3)7-6-10-19-15)13-11-17-18(12-13)9-5-2/h11-12,14,16H,4-10H2,1-3H3. The summed E-state index contributed by atoms with van der Waals surface area (Å²) in [5, 5.41) is 8.25. The molecule has 1 aromatic heterocycles. The van der Waals surface area contributed by atoms with Crippen molar-refractivity contribution in [3.63, 3.8) is 0 Å². The van der Waals surface area contributed by atoms with E-state index >= 15 is 0 Å². The molecule has 4 heteroatoms. The van der Waals surface area contributed by atoms with Crippen molar-refractivity contribution in [1.82, 2.24) is 15.1 Å². The van der Waals surface area contributed by atoms with Gasteiger partial charge in [-0.1, -0.05) is 13.8 Å². The van der Waals surface area contributed by atoms with Crippen LogP contribution < -0.4 is 5.32 Å². The highest BCUT2D eigenvalue weighted by Crippen LogP contribution is 2.46. The Hall–Kier alpha value is -0.480. The lowest BCUT2D eigenvalue weighted by molar-refractivity contribution is 0.412. The maximum atomic E-state index is 4.50. The van der Waals surface area contributed by atoms with Crippen LogP contribution in [-0.4, -0.2) is 26.8 Å². The van der Waals surface area contributed by atoms with E-state index < -0.39 is 0 Å². The summed E-state index contributed by atoms with van der Waals surface area (Å²) in [6.07, 6.45) is 9.27. The van der Waals surface area contributed by atoms with Crippen molar-refractivity contribution in [2.45, 2.75) is 63.8 Å². The van der Waals surface area contributed by atoms with Gasteiger partial charge in [-0.25, -0.2) is 0 Å². The third-order valence-electron chi connectivity index (χ3n) is 3.90. The quantitative estimate of drug-likeness (QED) is 0.828. The van der Waals surface area contributed by atoms with Gasteiger partial charge in [0.2, 0.25) is 0 Å². The molecule has 0 aromatic carbocycles. The molecule has 19 heavy (non-hydrogen) atoms. The summed E-state index contributed by atoms with van der Waals surface area (Å²) in [6.45, 7) is 8.94. The maximum Gasteiger partial charge on any atom is 0.0538 e. The van der Waals surface area contributed by atoms with Crippen LogP contribution in [0, 0.1) is 0 Å². The van der Waals surface area contributed by atoms with Crippen LogP contribution in [0.3, 0.4) is 0 Å². The third-order valence-corrected chi connectivity index (χ3v) is 5.49. The first-order chi connectivity index (χ1) is 9.19. The first-order valence-corrected chi connectivity index (χ1v) is 8.58. The largest absolute Gasteiger partial charge is 0.309 e. The lowest BCUT2D eigenvalue weighted by atomic mass is 9.92. The van der Waals surface area contributed by atoms with E-state index in [9.17, 15) is 0 Å². The van der Waals surface area contributed by atoms with Crippen LogP contribution in [0.25, 0.3) is 0 Å². The average molecular weight is 281 g/mol. The molecular formula is C15H27N3S. The molecule has 0 amide bonds. The Bertz CT molecular complexity index is 382. The highest BCUT2D eigenvalue weighted by molar-refractivity contribution is 8.00. The molecule has 2 unspecified atom stereocenters. The van der Waals surface area contributed by atoms with Crippen molar-refractivity contribution in [2.75, 3.05) is 12.3 Å². The van der Waals surface area contributed by atoms with Crippen LogP contribution in [0.1, 0.15) is 58.1 Å². The van der Waals surface area contributed by atoms with Crippen LogP contribution in [0.2, 0.25) is 0 Å². The monoisotopic (exact) mass is 281 g/mol. The fourth-order valence-electron chi connectivity index (χ4n) is 2.88. The summed E-state index contributed by atoms with van der Waals surface area (Å²) in [5.41, 5.74) is 1.36. The highest BCUT2D eigenvalue weighted by atomic mass is 32.2. The van der Waals surface area contributed by atoms with Gasteiger partial charge in [-0.2, -0.15) is 16.9 Å². The van der Waals surface area contributed by atoms with Gasteiger partial charge in [-0.15, -0.1) is 0 Å². The molecule has 0 spiro atoms. The van der Waals surface area contributed by atoms with Crippen molar-refractivity contribution < 1.29 is 0 Å². The van der Waals surface area contributed by atoms with Crippen LogP contribution >= 0.6 is 11.8 Å². The maximum absolute atomic E-state index is 4.50. The molecule has 0 bridgehead atoms. The minimum absolute atomic E-state index is 0.329. The molecule has 3 nitrogen and oxygen atoms in total. The summed E-state index contributed by atoms with van der Waals surface area (Å²) in [6, 6.07) is 0.436. The summed E-state index contributed by atoms with van der Waals surface area (Å²) in [4.78, 5) is 0. The Balaban J connectivity index is 2.15. The van der Waals surface area contributed by atoms with Gasteiger partial charge < -0.3 is 5.32 Å². The van der Waals surface area contributed by atoms with E-state index in [1.807, 2.05) is 0 Å². The van der Waals surface area contributed by atoms with E-state index in [0.717, 1.165) is 19.5 Å². The second kappa shape index (κ2) is 6.80. The molecule has 1 aromatic rings. The van der Waals surface area contributed by atoms with Gasteiger partial charge in [-0.3, -0.25) is 4.68 Å². The lowest BCUT2D eigenvalue weighted by Gasteiger charge is -2.33. The smallest absolute Gasteiger partial charge is 0.0538 e. The van der Waals surface area contributed by atoms with Crippen LogP contribution in [0.4, 0.5) is 0 Å². The van der Waals surface area contributed by atoms with Gasteiger partial charge in [0.15, 0.2) is 0 Å². The normalized spacial score (nSPS) is 24.8. The van der Waals surface area contributed by atoms with Crippen molar-refractivity contribution >= 4 is 11.8 Å². The second-order valence-corrected chi connectivity index (χ2v) is 7.32. The van der Waals surface area contributed by atoms with E-state index in [4.69, 9.17) is 0 Å². The number of hydrogen-bond acceptors (Lipinski definition) is 3. The SMILES string of the molecule is CCCNC(c1cnn(CCC)c1)C1(C)CCCS1. The molecule has 1 fully saturated rings. The van der Waals surface area contributed by atoms with Crippen molar-refractivity contribution in [3.8, 4) is 0 Å². The molecule has 2 rings (SSSR count). The van der Waals surface area contributed by atoms with Gasteiger partial charge in [0.1, 0.15) is 0 Å². The molecule has 0 saturated carbocycles. The van der Waals surface area contributed by atoms with E-state index in [-0.39, 0.29) is 0 Å². The number of nitrogens with zero attached hydrogens (tertiary/aromatic N) is 2. The van der Waals surface area contributed by atoms with Gasteiger partial charge in [0.05, 0.1) is 6.20 Å². The fourth-order valence-corrected chi connectivity index (χ4v) is 4.31. The zero-order valence-corrected chi connectivity index (χ0v) is 13.3. The predicted octanol–water partition coefficient (Wildman–Crippen LogP) is 3.62. The molecule has 1 saturated heterocycles. The van der Waals surface area contributed by atoms with Gasteiger partial charge in [-0.05, 0) is 44.9 Å². The first kappa shape index (κ1) is 14.9. The molecule has 108 valence electrons. The minimum atomic E-state index is 0.329. The Kier molecular flexibility index (Phi) is 5.34. The molecule has 2 heterocycles. The number of nitrogens with one attached hydrogen (secondary N) is 1. The number of aryl methyl sites for hydroxylation is 1. The minimum Gasteiger partial charge on any atom is -0.309 e. The van der Waals surface area contributed by atoms with Gasteiger partial charge >= 0.3 is 0 Å². The van der Waals surface area contributed by atoms with Crippen molar-refractivity contribution in [3.05, 3.63) is 18.0 Å². The summed E-state index contributed by atoms with van der Waals surface area (Å²) >= 11 is 2.12. The summed E-state index contributed by atoms with van der Waals surface area (Å²) in [5.74, 6) is 1.30. The molecule has 0 radical (unpaired) electrons. The van der Waals surface area contributed by atoms with Crippen molar-refractivity contribution in [2.24, 2.45) is 0 Å². The predicted molar refractivity (Wildman–Crippen MR) is 83.6 cm³/mol. The fraction of sp³-hybridized carbons (Fsp3) is 0.800. The Morgan fingerprint density at radius 3 is 2.95 bits per heavy atom. The number of rotatable bonds is 7. The second-order valence-electron chi connectivity index (χ2n) is 5.69. The van der Waals surface area contributed by atoms with Gasteiger partial charge in [0.25, 0.3) is 0 Å². The Morgan fingerprint density at radius 2 is 2.32 bits per heavy atom. The van der Waals surface area contributed by atoms with Crippen LogP contribution in [0.15, 0.2) is 12.4 Å². The van der Waals surface area contributed by atoms with E-state index in [1.54, 1.807) is 0 Å². The van der Waals surface area contributed by atoms with E-state index in [0.29, 0.717) is 10.8 Å². The number of aromatic nitrogens is 2. The third kappa shape index (κ3) is 3.54. The topological polar surface area (TPSA) is 29.9 Å². The molecule has 0 aliphatic carbocycles. The molecule has 1 aliphatic rings. The van der Waals surface area contributed by atoms with Crippen LogP contribution in [0.5, 0.6) is 0 Å². The molecule has 1 N–H and O–H groups in total. The van der Waals surface area contributed by atoms with E-state index in [1.165, 1.54) is 30.6 Å². The zero-order chi connectivity index (χ0) is 13.7. The zero-order valence-electron chi connectivity index (χ0n) is 12.5. The van der Waals surface area contributed by atoms with E-state index in [2.05, 4.69) is 60.0 Å². The highest BCUT2D eigenvalue weighted by Gasteiger charge is 2.38. The molecular weight excluding hydrogens is 254 g/mol. The lowest BCUT2D eigenvalue weighted by Crippen LogP contribution is -2.37. The molecule has 2 atom stereocenters. The Labute approximate surface area is 121 Å². The molecule has 1 aliphatic heterocycles. The average Bonchev–Trinajstić information content (AvgIpc) is 3.01. The van der Waals surface area contributed by atoms with Gasteiger partial charge in [0, 0.05) is 29.1 Å². The summed E-state index contributed by atoms with van der Waals surface area (Å²) in [7, 11) is 0. The number of hydrogen-bond donors (Lipinski definition) is 1. The summed E-state index contributed by atoms with van der Waals surface area (Å²) < 4.78 is 2.41. The first-order valence-electron chi connectivity index (χ1n) is 7.59. The Morgan fingerprint density at radius 1 is 1.47 bits per heavy atom. The number of thioether (sulfide) groups is 1.